The Labute approximate surface area is 107 Å². The Kier molecular flexibility index (Phi) is 4.53. The molecule has 4 heteroatoms. The standard InChI is InChI=1S/C14H20O4/c15-9-11-10(12-7-8-13(11)18-12)5-3-1-2-4-6-14(16)17/h1,3,9-13H,2,4-8H2,(H,16,17)/t10-,11+,12+,13+/m0/s1. The lowest BCUT2D eigenvalue weighted by molar-refractivity contribution is -0.137. The Morgan fingerprint density at radius 1 is 1.28 bits per heavy atom. The van der Waals surface area contributed by atoms with Crippen molar-refractivity contribution >= 4 is 12.3 Å². The first kappa shape index (κ1) is 13.3. The first-order chi connectivity index (χ1) is 8.72. The van der Waals surface area contributed by atoms with Crippen molar-refractivity contribution in [2.24, 2.45) is 11.8 Å². The highest BCUT2D eigenvalue weighted by molar-refractivity contribution is 5.66. The summed E-state index contributed by atoms with van der Waals surface area (Å²) in [4.78, 5) is 21.4. The minimum absolute atomic E-state index is 0.0624. The molecule has 1 N–H and O–H groups in total. The number of carbonyl (C=O) groups excluding carboxylic acids is 1. The molecule has 2 bridgehead atoms. The van der Waals surface area contributed by atoms with Crippen LogP contribution in [0.3, 0.4) is 0 Å². The second-order valence-corrected chi connectivity index (χ2v) is 5.16. The number of allylic oxidation sites excluding steroid dienone is 2. The van der Waals surface area contributed by atoms with Crippen LogP contribution in [0.15, 0.2) is 12.2 Å². The molecule has 0 spiro atoms. The monoisotopic (exact) mass is 252 g/mol. The summed E-state index contributed by atoms with van der Waals surface area (Å²) in [5, 5.41) is 8.50. The van der Waals surface area contributed by atoms with Gasteiger partial charge in [-0.3, -0.25) is 4.79 Å². The van der Waals surface area contributed by atoms with Gasteiger partial charge in [0, 0.05) is 18.3 Å². The van der Waals surface area contributed by atoms with Crippen molar-refractivity contribution in [2.45, 2.75) is 50.7 Å². The molecular weight excluding hydrogens is 232 g/mol. The van der Waals surface area contributed by atoms with E-state index >= 15 is 0 Å². The number of aliphatic carboxylic acids is 1. The van der Waals surface area contributed by atoms with Gasteiger partial charge in [0.25, 0.3) is 0 Å². The molecular formula is C14H20O4. The molecule has 0 aliphatic carbocycles. The Bertz CT molecular complexity index is 337. The van der Waals surface area contributed by atoms with Gasteiger partial charge in [0.05, 0.1) is 12.2 Å². The second-order valence-electron chi connectivity index (χ2n) is 5.16. The lowest BCUT2D eigenvalue weighted by atomic mass is 9.78. The predicted molar refractivity (Wildman–Crippen MR) is 66.2 cm³/mol. The van der Waals surface area contributed by atoms with E-state index < -0.39 is 5.97 Å². The first-order valence-corrected chi connectivity index (χ1v) is 6.70. The third-order valence-corrected chi connectivity index (χ3v) is 3.98. The maximum absolute atomic E-state index is 11.0. The van der Waals surface area contributed by atoms with Gasteiger partial charge in [0.15, 0.2) is 0 Å². The molecule has 4 nitrogen and oxygen atoms in total. The molecule has 100 valence electrons. The predicted octanol–water partition coefficient (Wildman–Crippen LogP) is 2.18. The van der Waals surface area contributed by atoms with Crippen LogP contribution < -0.4 is 0 Å². The number of carboxylic acid groups (broad SMARTS) is 1. The molecule has 2 aliphatic rings. The molecule has 0 radical (unpaired) electrons. The van der Waals surface area contributed by atoms with Crippen molar-refractivity contribution in [3.8, 4) is 0 Å². The SMILES string of the molecule is O=C[C@@H]1[C@H](CC=CCCCC(=O)O)[C@H]2CC[C@H]1O2. The van der Waals surface area contributed by atoms with Crippen LogP contribution in [0.25, 0.3) is 0 Å². The van der Waals surface area contributed by atoms with Crippen molar-refractivity contribution < 1.29 is 19.4 Å². The van der Waals surface area contributed by atoms with Crippen LogP contribution in [0.5, 0.6) is 0 Å². The average Bonchev–Trinajstić information content (AvgIpc) is 2.93. The summed E-state index contributed by atoms with van der Waals surface area (Å²) in [6.07, 6.45) is 10.2. The Hall–Kier alpha value is -1.16. The quantitative estimate of drug-likeness (QED) is 0.428. The van der Waals surface area contributed by atoms with Crippen LogP contribution >= 0.6 is 0 Å². The summed E-state index contributed by atoms with van der Waals surface area (Å²) in [5.41, 5.74) is 0. The summed E-state index contributed by atoms with van der Waals surface area (Å²) in [6, 6.07) is 0. The van der Waals surface area contributed by atoms with E-state index in [1.54, 1.807) is 0 Å². The Morgan fingerprint density at radius 3 is 2.78 bits per heavy atom. The molecule has 2 heterocycles. The van der Waals surface area contributed by atoms with E-state index in [9.17, 15) is 9.59 Å². The van der Waals surface area contributed by atoms with Gasteiger partial charge in [-0.25, -0.2) is 0 Å². The molecule has 0 saturated carbocycles. The van der Waals surface area contributed by atoms with E-state index in [1.807, 2.05) is 6.08 Å². The smallest absolute Gasteiger partial charge is 0.303 e. The van der Waals surface area contributed by atoms with E-state index in [0.29, 0.717) is 12.3 Å². The largest absolute Gasteiger partial charge is 0.481 e. The third kappa shape index (κ3) is 2.99. The van der Waals surface area contributed by atoms with Crippen molar-refractivity contribution in [1.82, 2.24) is 0 Å². The maximum atomic E-state index is 11.0. The molecule has 2 aliphatic heterocycles. The molecule has 0 aromatic rings. The van der Waals surface area contributed by atoms with Gasteiger partial charge in [0.1, 0.15) is 6.29 Å². The normalized spacial score (nSPS) is 34.2. The molecule has 2 saturated heterocycles. The van der Waals surface area contributed by atoms with Crippen molar-refractivity contribution in [3.63, 3.8) is 0 Å². The van der Waals surface area contributed by atoms with Gasteiger partial charge in [-0.1, -0.05) is 12.2 Å². The molecule has 18 heavy (non-hydrogen) atoms. The summed E-state index contributed by atoms with van der Waals surface area (Å²) >= 11 is 0. The zero-order valence-corrected chi connectivity index (χ0v) is 10.5. The van der Waals surface area contributed by atoms with Crippen molar-refractivity contribution in [1.29, 1.82) is 0 Å². The number of rotatable bonds is 7. The fourth-order valence-corrected chi connectivity index (χ4v) is 3.05. The Balaban J connectivity index is 1.71. The van der Waals surface area contributed by atoms with Gasteiger partial charge >= 0.3 is 5.97 Å². The number of carboxylic acids is 1. The van der Waals surface area contributed by atoms with E-state index in [4.69, 9.17) is 9.84 Å². The minimum Gasteiger partial charge on any atom is -0.481 e. The van der Waals surface area contributed by atoms with Gasteiger partial charge < -0.3 is 14.6 Å². The first-order valence-electron chi connectivity index (χ1n) is 6.70. The number of ether oxygens (including phenoxy) is 1. The molecule has 2 fully saturated rings. The number of unbranched alkanes of at least 4 members (excludes halogenated alkanes) is 1. The number of hydrogen-bond acceptors (Lipinski definition) is 3. The summed E-state index contributed by atoms with van der Waals surface area (Å²) < 4.78 is 5.76. The van der Waals surface area contributed by atoms with E-state index in [1.165, 1.54) is 0 Å². The topological polar surface area (TPSA) is 63.6 Å². The third-order valence-electron chi connectivity index (χ3n) is 3.98. The fourth-order valence-electron chi connectivity index (χ4n) is 3.05. The van der Waals surface area contributed by atoms with E-state index in [2.05, 4.69) is 6.08 Å². The van der Waals surface area contributed by atoms with Crippen molar-refractivity contribution in [2.75, 3.05) is 0 Å². The zero-order chi connectivity index (χ0) is 13.0. The molecule has 2 rings (SSSR count). The molecule has 0 aromatic carbocycles. The molecule has 0 amide bonds. The van der Waals surface area contributed by atoms with Crippen molar-refractivity contribution in [3.05, 3.63) is 12.2 Å². The lowest BCUT2D eigenvalue weighted by Gasteiger charge is -2.22. The van der Waals surface area contributed by atoms with Crippen LogP contribution in [0.4, 0.5) is 0 Å². The fraction of sp³-hybridized carbons (Fsp3) is 0.714. The highest BCUT2D eigenvalue weighted by Gasteiger charge is 2.47. The number of fused-ring (bicyclic) bond motifs is 2. The lowest BCUT2D eigenvalue weighted by Crippen LogP contribution is -2.27. The highest BCUT2D eigenvalue weighted by atomic mass is 16.5. The molecule has 0 unspecified atom stereocenters. The van der Waals surface area contributed by atoms with Crippen LogP contribution in [0, 0.1) is 11.8 Å². The van der Waals surface area contributed by atoms with Crippen LogP contribution in [0.1, 0.15) is 38.5 Å². The molecule has 0 aromatic heterocycles. The number of carbonyl (C=O) groups is 2. The van der Waals surface area contributed by atoms with Gasteiger partial charge in [0.2, 0.25) is 0 Å². The summed E-state index contributed by atoms with van der Waals surface area (Å²) in [7, 11) is 0. The van der Waals surface area contributed by atoms with Crippen LogP contribution in [-0.4, -0.2) is 29.6 Å². The number of hydrogen-bond donors (Lipinski definition) is 1. The van der Waals surface area contributed by atoms with Crippen LogP contribution in [-0.2, 0) is 14.3 Å². The minimum atomic E-state index is -0.745. The number of aldehydes is 1. The second kappa shape index (κ2) is 6.14. The van der Waals surface area contributed by atoms with E-state index in [-0.39, 0.29) is 24.5 Å². The van der Waals surface area contributed by atoms with Gasteiger partial charge in [-0.15, -0.1) is 0 Å². The maximum Gasteiger partial charge on any atom is 0.303 e. The summed E-state index contributed by atoms with van der Waals surface area (Å²) in [6.45, 7) is 0. The average molecular weight is 252 g/mol. The Morgan fingerprint density at radius 2 is 2.06 bits per heavy atom. The van der Waals surface area contributed by atoms with E-state index in [0.717, 1.165) is 32.0 Å². The molecule has 4 atom stereocenters. The van der Waals surface area contributed by atoms with Gasteiger partial charge in [-0.05, 0) is 32.1 Å². The summed E-state index contributed by atoms with van der Waals surface area (Å²) in [5.74, 6) is -0.352. The van der Waals surface area contributed by atoms with Crippen LogP contribution in [0.2, 0.25) is 0 Å². The zero-order valence-electron chi connectivity index (χ0n) is 10.5. The highest BCUT2D eigenvalue weighted by Crippen LogP contribution is 2.44. The van der Waals surface area contributed by atoms with Gasteiger partial charge in [-0.2, -0.15) is 0 Å².